The molecule has 28 heavy (non-hydrogen) atoms. The predicted molar refractivity (Wildman–Crippen MR) is 110 cm³/mol. The van der Waals surface area contributed by atoms with Crippen LogP contribution in [0.3, 0.4) is 0 Å². The second-order valence-electron chi connectivity index (χ2n) is 6.69. The van der Waals surface area contributed by atoms with Gasteiger partial charge in [0.1, 0.15) is 17.9 Å². The van der Waals surface area contributed by atoms with E-state index in [4.69, 9.17) is 4.74 Å². The molecular formula is C22H22N4O2. The minimum atomic E-state index is -0.184. The third kappa shape index (κ3) is 3.81. The molecule has 6 nitrogen and oxygen atoms in total. The van der Waals surface area contributed by atoms with Crippen molar-refractivity contribution in [1.82, 2.24) is 9.97 Å². The zero-order chi connectivity index (χ0) is 19.3. The minimum Gasteiger partial charge on any atom is -0.495 e. The molecule has 142 valence electrons. The summed E-state index contributed by atoms with van der Waals surface area (Å²) in [6.45, 7) is 2.08. The van der Waals surface area contributed by atoms with Gasteiger partial charge in [-0.1, -0.05) is 24.3 Å². The molecule has 1 aliphatic rings. The Hall–Kier alpha value is -3.41. The molecule has 0 unspecified atom stereocenters. The van der Waals surface area contributed by atoms with Crippen molar-refractivity contribution in [1.29, 1.82) is 0 Å². The highest BCUT2D eigenvalue weighted by Crippen LogP contribution is 2.25. The van der Waals surface area contributed by atoms with E-state index in [-0.39, 0.29) is 5.91 Å². The average Bonchev–Trinajstić information content (AvgIpc) is 3.29. The summed E-state index contributed by atoms with van der Waals surface area (Å²) in [4.78, 5) is 23.6. The quantitative estimate of drug-likeness (QED) is 0.731. The van der Waals surface area contributed by atoms with Crippen LogP contribution >= 0.6 is 0 Å². The Morgan fingerprint density at radius 3 is 2.54 bits per heavy atom. The molecule has 1 amide bonds. The van der Waals surface area contributed by atoms with Gasteiger partial charge < -0.3 is 15.0 Å². The van der Waals surface area contributed by atoms with E-state index in [9.17, 15) is 4.79 Å². The first kappa shape index (κ1) is 18.0. The molecular weight excluding hydrogens is 352 g/mol. The molecule has 1 saturated heterocycles. The Balaban J connectivity index is 1.51. The Morgan fingerprint density at radius 1 is 1.04 bits per heavy atom. The lowest BCUT2D eigenvalue weighted by Crippen LogP contribution is -2.19. The third-order valence-electron chi connectivity index (χ3n) is 4.88. The number of amides is 1. The van der Waals surface area contributed by atoms with Crippen molar-refractivity contribution >= 4 is 17.4 Å². The van der Waals surface area contributed by atoms with Crippen molar-refractivity contribution in [2.45, 2.75) is 12.8 Å². The van der Waals surface area contributed by atoms with Crippen LogP contribution in [0.5, 0.6) is 5.75 Å². The molecule has 3 aromatic rings. The molecule has 1 aromatic heterocycles. The van der Waals surface area contributed by atoms with Crippen LogP contribution < -0.4 is 15.0 Å². The fourth-order valence-electron chi connectivity index (χ4n) is 3.36. The number of hydrogen-bond acceptors (Lipinski definition) is 5. The second-order valence-corrected chi connectivity index (χ2v) is 6.69. The van der Waals surface area contributed by atoms with E-state index < -0.39 is 0 Å². The van der Waals surface area contributed by atoms with E-state index in [1.165, 1.54) is 12.8 Å². The number of ether oxygens (including phenoxy) is 1. The molecule has 2 heterocycles. The van der Waals surface area contributed by atoms with E-state index >= 15 is 0 Å². The normalized spacial score (nSPS) is 13.4. The van der Waals surface area contributed by atoms with Crippen LogP contribution in [-0.2, 0) is 0 Å². The first-order valence-electron chi connectivity index (χ1n) is 9.36. The Morgan fingerprint density at radius 2 is 1.79 bits per heavy atom. The first-order valence-corrected chi connectivity index (χ1v) is 9.36. The number of benzene rings is 2. The summed E-state index contributed by atoms with van der Waals surface area (Å²) in [6.07, 6.45) is 4.01. The van der Waals surface area contributed by atoms with Gasteiger partial charge >= 0.3 is 0 Å². The lowest BCUT2D eigenvalue weighted by molar-refractivity contribution is 0.102. The number of methoxy groups -OCH3 is 1. The largest absolute Gasteiger partial charge is 0.495 e. The maximum atomic E-state index is 12.6. The summed E-state index contributed by atoms with van der Waals surface area (Å²) < 4.78 is 5.28. The van der Waals surface area contributed by atoms with Gasteiger partial charge in [0.2, 0.25) is 0 Å². The van der Waals surface area contributed by atoms with Crippen molar-refractivity contribution in [2.75, 3.05) is 30.4 Å². The molecule has 6 heteroatoms. The van der Waals surface area contributed by atoms with Gasteiger partial charge in [0.25, 0.3) is 5.91 Å². The number of carbonyl (C=O) groups is 1. The molecule has 0 aliphatic carbocycles. The van der Waals surface area contributed by atoms with Crippen LogP contribution in [0, 0.1) is 0 Å². The standard InChI is InChI=1S/C22H22N4O2/c1-28-20-7-3-2-6-18(20)25-22(27)17-10-8-16(9-11-17)19-14-21(24-15-23-19)26-12-4-5-13-26/h2-3,6-11,14-15H,4-5,12-13H2,1H3,(H,25,27). The number of anilines is 2. The molecule has 1 aliphatic heterocycles. The maximum Gasteiger partial charge on any atom is 0.255 e. The number of nitrogens with zero attached hydrogens (tertiary/aromatic N) is 3. The van der Waals surface area contributed by atoms with Gasteiger partial charge in [0.05, 0.1) is 18.5 Å². The van der Waals surface area contributed by atoms with Crippen molar-refractivity contribution in [3.63, 3.8) is 0 Å². The predicted octanol–water partition coefficient (Wildman–Crippen LogP) is 4.00. The van der Waals surface area contributed by atoms with Gasteiger partial charge in [-0.05, 0) is 37.1 Å². The number of aromatic nitrogens is 2. The van der Waals surface area contributed by atoms with Crippen LogP contribution in [-0.4, -0.2) is 36.1 Å². The zero-order valence-electron chi connectivity index (χ0n) is 15.8. The number of nitrogens with one attached hydrogen (secondary N) is 1. The number of hydrogen-bond donors (Lipinski definition) is 1. The molecule has 1 N–H and O–H groups in total. The first-order chi connectivity index (χ1) is 13.7. The monoisotopic (exact) mass is 374 g/mol. The Kier molecular flexibility index (Phi) is 5.19. The summed E-state index contributed by atoms with van der Waals surface area (Å²) in [6, 6.07) is 16.8. The molecule has 4 rings (SSSR count). The van der Waals surface area contributed by atoms with Crippen LogP contribution in [0.25, 0.3) is 11.3 Å². The molecule has 0 atom stereocenters. The highest BCUT2D eigenvalue weighted by atomic mass is 16.5. The average molecular weight is 374 g/mol. The number of rotatable bonds is 5. The third-order valence-corrected chi connectivity index (χ3v) is 4.88. The summed E-state index contributed by atoms with van der Waals surface area (Å²) in [5.74, 6) is 1.40. The van der Waals surface area contributed by atoms with Crippen molar-refractivity contribution in [3.05, 3.63) is 66.5 Å². The van der Waals surface area contributed by atoms with Crippen molar-refractivity contribution < 1.29 is 9.53 Å². The summed E-state index contributed by atoms with van der Waals surface area (Å²) in [7, 11) is 1.58. The minimum absolute atomic E-state index is 0.184. The molecule has 0 bridgehead atoms. The SMILES string of the molecule is COc1ccccc1NC(=O)c1ccc(-c2cc(N3CCCC3)ncn2)cc1. The lowest BCUT2D eigenvalue weighted by atomic mass is 10.1. The van der Waals surface area contributed by atoms with Crippen LogP contribution in [0.1, 0.15) is 23.2 Å². The summed E-state index contributed by atoms with van der Waals surface area (Å²) in [5, 5.41) is 2.89. The van der Waals surface area contributed by atoms with Crippen LogP contribution in [0.15, 0.2) is 60.9 Å². The lowest BCUT2D eigenvalue weighted by Gasteiger charge is -2.16. The molecule has 2 aromatic carbocycles. The van der Waals surface area contributed by atoms with Crippen molar-refractivity contribution in [3.8, 4) is 17.0 Å². The van der Waals surface area contributed by atoms with Gasteiger partial charge in [-0.2, -0.15) is 0 Å². The van der Waals surface area contributed by atoms with Crippen LogP contribution in [0.2, 0.25) is 0 Å². The topological polar surface area (TPSA) is 67.3 Å². The van der Waals surface area contributed by atoms with Gasteiger partial charge in [-0.3, -0.25) is 4.79 Å². The molecule has 0 spiro atoms. The second kappa shape index (κ2) is 8.08. The highest BCUT2D eigenvalue weighted by molar-refractivity contribution is 6.05. The molecule has 1 fully saturated rings. The maximum absolute atomic E-state index is 12.6. The summed E-state index contributed by atoms with van der Waals surface area (Å²) in [5.41, 5.74) is 3.03. The van der Waals surface area contributed by atoms with Gasteiger partial charge in [-0.15, -0.1) is 0 Å². The smallest absolute Gasteiger partial charge is 0.255 e. The molecule has 0 saturated carbocycles. The Bertz CT molecular complexity index is 966. The zero-order valence-corrected chi connectivity index (χ0v) is 15.8. The fourth-order valence-corrected chi connectivity index (χ4v) is 3.36. The van der Waals surface area contributed by atoms with Gasteiger partial charge in [-0.25, -0.2) is 9.97 Å². The summed E-state index contributed by atoms with van der Waals surface area (Å²) >= 11 is 0. The van der Waals surface area contributed by atoms with E-state index in [1.54, 1.807) is 25.6 Å². The number of para-hydroxylation sites is 2. The van der Waals surface area contributed by atoms with Gasteiger partial charge in [0, 0.05) is 30.3 Å². The number of carbonyl (C=O) groups excluding carboxylic acids is 1. The highest BCUT2D eigenvalue weighted by Gasteiger charge is 2.15. The van der Waals surface area contributed by atoms with E-state index in [0.717, 1.165) is 30.2 Å². The fraction of sp³-hybridized carbons (Fsp3) is 0.227. The van der Waals surface area contributed by atoms with Crippen LogP contribution in [0.4, 0.5) is 11.5 Å². The van der Waals surface area contributed by atoms with E-state index in [1.807, 2.05) is 42.5 Å². The van der Waals surface area contributed by atoms with E-state index in [2.05, 4.69) is 20.2 Å². The molecule has 0 radical (unpaired) electrons. The van der Waals surface area contributed by atoms with E-state index in [0.29, 0.717) is 17.0 Å². The Labute approximate surface area is 164 Å². The van der Waals surface area contributed by atoms with Crippen molar-refractivity contribution in [2.24, 2.45) is 0 Å². The van der Waals surface area contributed by atoms with Gasteiger partial charge in [0.15, 0.2) is 0 Å².